The number of ether oxygens (including phenoxy) is 9. The molecule has 64 heavy (non-hydrogen) atoms. The van der Waals surface area contributed by atoms with E-state index in [1.165, 1.54) is 30.3 Å². The maximum atomic E-state index is 13.2. The molecule has 1 aliphatic carbocycles. The van der Waals surface area contributed by atoms with Gasteiger partial charge in [-0.1, -0.05) is 25.3 Å². The molecule has 1 saturated carbocycles. The second-order valence-corrected chi connectivity index (χ2v) is 14.1. The Kier molecular flexibility index (Phi) is 20.2. The first-order valence-electron chi connectivity index (χ1n) is 20.5. The minimum absolute atomic E-state index is 0.0364. The Hall–Kier alpha value is -7.30. The maximum Gasteiger partial charge on any atom is 0.343 e. The van der Waals surface area contributed by atoms with Crippen molar-refractivity contribution in [3.63, 3.8) is 0 Å². The molecule has 0 aliphatic heterocycles. The molecule has 0 amide bonds. The van der Waals surface area contributed by atoms with Gasteiger partial charge < -0.3 is 42.6 Å². The molecule has 3 aromatic rings. The van der Waals surface area contributed by atoms with E-state index < -0.39 is 59.6 Å². The van der Waals surface area contributed by atoms with E-state index in [1.807, 2.05) is 0 Å². The van der Waals surface area contributed by atoms with Crippen molar-refractivity contribution in [1.82, 2.24) is 0 Å². The molecular formula is C47H50O17. The van der Waals surface area contributed by atoms with E-state index in [0.29, 0.717) is 63.1 Å². The fraction of sp³-hybridized carbons (Fsp3) is 0.362. The standard InChI is InChI=1S/C47H50O17/c1-4-40(48)58-26-7-6-25-57-35-18-14-34(15-19-35)46(54)64-39-21-20-37(30-38(39)47(55)56-3)63-45(53)33-12-10-32(11-13-33)44(52)62-36-16-8-31(9-17-36)24-27-59-42(50)22-23-43(51)61-29-28-60-41(49)5-2/h4-5,8-9,14-21,30,32-33H,1-2,6-7,10-13,22-29H2,3H3. The Bertz CT molecular complexity index is 2120. The average molecular weight is 887 g/mol. The number of carbonyl (C=O) groups excluding carboxylic acids is 8. The minimum atomic E-state index is -0.823. The van der Waals surface area contributed by atoms with Gasteiger partial charge in [0, 0.05) is 18.6 Å². The molecular weight excluding hydrogens is 836 g/mol. The van der Waals surface area contributed by atoms with Crippen molar-refractivity contribution in [2.45, 2.75) is 57.8 Å². The zero-order chi connectivity index (χ0) is 46.3. The van der Waals surface area contributed by atoms with Crippen molar-refractivity contribution in [2.24, 2.45) is 11.8 Å². The summed E-state index contributed by atoms with van der Waals surface area (Å²) in [6.45, 7) is 7.02. The van der Waals surface area contributed by atoms with E-state index in [-0.39, 0.29) is 61.9 Å². The molecule has 0 bridgehead atoms. The van der Waals surface area contributed by atoms with Crippen molar-refractivity contribution in [3.05, 3.63) is 109 Å². The van der Waals surface area contributed by atoms with E-state index in [0.717, 1.165) is 24.8 Å². The van der Waals surface area contributed by atoms with Crippen LogP contribution in [0.3, 0.4) is 0 Å². The van der Waals surface area contributed by atoms with Crippen molar-refractivity contribution >= 4 is 47.8 Å². The first-order valence-corrected chi connectivity index (χ1v) is 20.5. The summed E-state index contributed by atoms with van der Waals surface area (Å²) in [5, 5.41) is 0. The molecule has 0 unspecified atom stereocenters. The number of carbonyl (C=O) groups is 8. The molecule has 3 aromatic carbocycles. The molecule has 0 heterocycles. The summed E-state index contributed by atoms with van der Waals surface area (Å²) in [7, 11) is 1.16. The summed E-state index contributed by atoms with van der Waals surface area (Å²) in [5.41, 5.74) is 0.861. The molecule has 0 atom stereocenters. The summed E-state index contributed by atoms with van der Waals surface area (Å²) in [5.74, 6) is -5.06. The quantitative estimate of drug-likeness (QED) is 0.0329. The van der Waals surface area contributed by atoms with Crippen LogP contribution >= 0.6 is 0 Å². The van der Waals surface area contributed by atoms with Gasteiger partial charge in [0.2, 0.25) is 0 Å². The fourth-order valence-electron chi connectivity index (χ4n) is 6.08. The fourth-order valence-corrected chi connectivity index (χ4v) is 6.08. The number of hydrogen-bond acceptors (Lipinski definition) is 17. The van der Waals surface area contributed by atoms with Gasteiger partial charge in [-0.2, -0.15) is 0 Å². The van der Waals surface area contributed by atoms with Crippen LogP contribution in [0.25, 0.3) is 0 Å². The third-order valence-corrected chi connectivity index (χ3v) is 9.57. The van der Waals surface area contributed by atoms with E-state index in [2.05, 4.69) is 13.2 Å². The average Bonchev–Trinajstić information content (AvgIpc) is 3.31. The van der Waals surface area contributed by atoms with Crippen LogP contribution in [0.4, 0.5) is 0 Å². The third-order valence-electron chi connectivity index (χ3n) is 9.57. The summed E-state index contributed by atoms with van der Waals surface area (Å²) in [4.78, 5) is 97.6. The van der Waals surface area contributed by atoms with Gasteiger partial charge in [-0.3, -0.25) is 19.2 Å². The van der Waals surface area contributed by atoms with Crippen LogP contribution in [0, 0.1) is 11.8 Å². The maximum absolute atomic E-state index is 13.2. The van der Waals surface area contributed by atoms with Gasteiger partial charge in [0.1, 0.15) is 41.8 Å². The predicted octanol–water partition coefficient (Wildman–Crippen LogP) is 6.04. The smallest absolute Gasteiger partial charge is 0.343 e. The Balaban J connectivity index is 1.16. The monoisotopic (exact) mass is 886 g/mol. The van der Waals surface area contributed by atoms with Gasteiger partial charge in [-0.05, 0) is 98.7 Å². The molecule has 4 rings (SSSR count). The van der Waals surface area contributed by atoms with Crippen LogP contribution in [-0.2, 0) is 58.9 Å². The number of esters is 8. The second kappa shape index (κ2) is 26.2. The lowest BCUT2D eigenvalue weighted by Crippen LogP contribution is -2.30. The SMILES string of the molecule is C=CC(=O)OCCCCOc1ccc(C(=O)Oc2ccc(OC(=O)C3CCC(C(=O)Oc4ccc(CCOC(=O)CCC(=O)OCCOC(=O)C=C)cc4)CC3)cc2C(=O)OC)cc1. The first kappa shape index (κ1) is 49.4. The highest BCUT2D eigenvalue weighted by Gasteiger charge is 2.32. The second-order valence-electron chi connectivity index (χ2n) is 14.1. The number of hydrogen-bond donors (Lipinski definition) is 0. The lowest BCUT2D eigenvalue weighted by molar-refractivity contribution is -0.152. The summed E-state index contributed by atoms with van der Waals surface area (Å²) >= 11 is 0. The van der Waals surface area contributed by atoms with E-state index in [1.54, 1.807) is 36.4 Å². The molecule has 17 heteroatoms. The summed E-state index contributed by atoms with van der Waals surface area (Å²) in [6.07, 6.45) is 4.84. The van der Waals surface area contributed by atoms with Gasteiger partial charge in [-0.15, -0.1) is 0 Å². The highest BCUT2D eigenvalue weighted by atomic mass is 16.6. The van der Waals surface area contributed by atoms with E-state index >= 15 is 0 Å². The lowest BCUT2D eigenvalue weighted by Gasteiger charge is -2.25. The molecule has 340 valence electrons. The lowest BCUT2D eigenvalue weighted by atomic mass is 9.82. The Morgan fingerprint density at radius 1 is 0.562 bits per heavy atom. The van der Waals surface area contributed by atoms with Crippen molar-refractivity contribution in [3.8, 4) is 23.0 Å². The third kappa shape index (κ3) is 16.9. The highest BCUT2D eigenvalue weighted by Crippen LogP contribution is 2.33. The summed E-state index contributed by atoms with van der Waals surface area (Å²) < 4.78 is 46.9. The topological polar surface area (TPSA) is 220 Å². The molecule has 0 aromatic heterocycles. The Morgan fingerprint density at radius 2 is 1.08 bits per heavy atom. The van der Waals surface area contributed by atoms with Crippen LogP contribution in [0.1, 0.15) is 77.6 Å². The molecule has 0 N–H and O–H groups in total. The minimum Gasteiger partial charge on any atom is -0.494 e. The van der Waals surface area contributed by atoms with Gasteiger partial charge in [0.05, 0.1) is 57.2 Å². The van der Waals surface area contributed by atoms with Crippen LogP contribution in [0.2, 0.25) is 0 Å². The van der Waals surface area contributed by atoms with Crippen LogP contribution in [-0.4, -0.2) is 87.9 Å². The van der Waals surface area contributed by atoms with Gasteiger partial charge in [0.15, 0.2) is 0 Å². The highest BCUT2D eigenvalue weighted by molar-refractivity contribution is 5.97. The molecule has 0 saturated heterocycles. The number of methoxy groups -OCH3 is 1. The molecule has 1 aliphatic rings. The van der Waals surface area contributed by atoms with Gasteiger partial charge >= 0.3 is 47.8 Å². The van der Waals surface area contributed by atoms with Crippen LogP contribution in [0.5, 0.6) is 23.0 Å². The number of benzene rings is 3. The molecule has 17 nitrogen and oxygen atoms in total. The predicted molar refractivity (Wildman–Crippen MR) is 224 cm³/mol. The molecule has 0 radical (unpaired) electrons. The molecule has 1 fully saturated rings. The van der Waals surface area contributed by atoms with E-state index in [4.69, 9.17) is 42.6 Å². The number of rotatable bonds is 24. The van der Waals surface area contributed by atoms with Crippen LogP contribution in [0.15, 0.2) is 92.0 Å². The molecule has 0 spiro atoms. The van der Waals surface area contributed by atoms with Crippen LogP contribution < -0.4 is 18.9 Å². The first-order chi connectivity index (χ1) is 30.9. The van der Waals surface area contributed by atoms with Gasteiger partial charge in [-0.25, -0.2) is 19.2 Å². The Labute approximate surface area is 369 Å². The zero-order valence-corrected chi connectivity index (χ0v) is 35.4. The largest absolute Gasteiger partial charge is 0.494 e. The van der Waals surface area contributed by atoms with Crippen molar-refractivity contribution < 1.29 is 81.0 Å². The van der Waals surface area contributed by atoms with E-state index in [9.17, 15) is 38.4 Å². The number of unbranched alkanes of at least 4 members (excludes halogenated alkanes) is 1. The van der Waals surface area contributed by atoms with Crippen molar-refractivity contribution in [2.75, 3.05) is 40.1 Å². The summed E-state index contributed by atoms with van der Waals surface area (Å²) in [6, 6.07) is 16.9. The van der Waals surface area contributed by atoms with Crippen molar-refractivity contribution in [1.29, 1.82) is 0 Å². The normalized spacial score (nSPS) is 14.1. The van der Waals surface area contributed by atoms with Gasteiger partial charge in [0.25, 0.3) is 0 Å². The Morgan fingerprint density at radius 3 is 1.67 bits per heavy atom. The zero-order valence-electron chi connectivity index (χ0n) is 35.4.